The third-order valence-corrected chi connectivity index (χ3v) is 4.60. The quantitative estimate of drug-likeness (QED) is 0.400. The molecule has 128 valence electrons. The van der Waals surface area contributed by atoms with Gasteiger partial charge in [0.15, 0.2) is 5.75 Å². The first kappa shape index (κ1) is 16.7. The summed E-state index contributed by atoms with van der Waals surface area (Å²) in [6, 6.07) is 12.4. The van der Waals surface area contributed by atoms with Crippen molar-refractivity contribution in [3.8, 4) is 5.75 Å². The number of carbonyl (C=O) groups excluding carboxylic acids is 1. The molecule has 1 heterocycles. The maximum Gasteiger partial charge on any atom is 0.341 e. The van der Waals surface area contributed by atoms with Crippen molar-refractivity contribution < 1.29 is 26.5 Å². The summed E-state index contributed by atoms with van der Waals surface area (Å²) < 4.78 is 39.7. The van der Waals surface area contributed by atoms with Gasteiger partial charge in [-0.25, -0.2) is 9.59 Å². The number of carbonyl (C=O) groups is 1. The lowest BCUT2D eigenvalue weighted by atomic mass is 10.2. The number of para-hydroxylation sites is 1. The van der Waals surface area contributed by atoms with Crippen molar-refractivity contribution in [3.05, 3.63) is 70.6 Å². The largest absolute Gasteiger partial charge is 0.465 e. The molecule has 0 saturated carbocycles. The Hall–Kier alpha value is -3.13. The Balaban J connectivity index is 2.02. The summed E-state index contributed by atoms with van der Waals surface area (Å²) in [6.07, 6.45) is 0. The van der Waals surface area contributed by atoms with Crippen LogP contribution in [0.25, 0.3) is 11.0 Å². The fraction of sp³-hybridized carbons (Fsp3) is 0.0588. The van der Waals surface area contributed by atoms with Gasteiger partial charge in [-0.1, -0.05) is 12.1 Å². The van der Waals surface area contributed by atoms with E-state index in [1.165, 1.54) is 55.6 Å². The van der Waals surface area contributed by atoms with Gasteiger partial charge < -0.3 is 13.3 Å². The van der Waals surface area contributed by atoms with Crippen LogP contribution >= 0.6 is 0 Å². The predicted octanol–water partition coefficient (Wildman–Crippen LogP) is 2.35. The molecule has 8 heteroatoms. The van der Waals surface area contributed by atoms with Crippen LogP contribution in [-0.4, -0.2) is 21.5 Å². The molecular formula is C17H12O7S. The van der Waals surface area contributed by atoms with E-state index in [0.29, 0.717) is 5.39 Å². The predicted molar refractivity (Wildman–Crippen MR) is 88.1 cm³/mol. The second-order valence-electron chi connectivity index (χ2n) is 4.98. The molecule has 0 fully saturated rings. The van der Waals surface area contributed by atoms with Crippen LogP contribution in [0, 0.1) is 0 Å². The van der Waals surface area contributed by atoms with Gasteiger partial charge in [0.05, 0.1) is 7.11 Å². The van der Waals surface area contributed by atoms with Crippen LogP contribution in [0.15, 0.2) is 68.7 Å². The van der Waals surface area contributed by atoms with Gasteiger partial charge in [-0.3, -0.25) is 0 Å². The van der Waals surface area contributed by atoms with Crippen LogP contribution in [0.5, 0.6) is 5.75 Å². The van der Waals surface area contributed by atoms with Crippen molar-refractivity contribution in [2.45, 2.75) is 4.90 Å². The molecule has 3 aromatic rings. The van der Waals surface area contributed by atoms with E-state index in [2.05, 4.69) is 4.74 Å². The second-order valence-corrected chi connectivity index (χ2v) is 6.53. The highest BCUT2D eigenvalue weighted by Gasteiger charge is 2.21. The topological polar surface area (TPSA) is 99.9 Å². The van der Waals surface area contributed by atoms with Crippen molar-refractivity contribution in [1.82, 2.24) is 0 Å². The van der Waals surface area contributed by atoms with Crippen molar-refractivity contribution in [1.29, 1.82) is 0 Å². The Bertz CT molecular complexity index is 1110. The number of hydrogen-bond donors (Lipinski definition) is 0. The summed E-state index contributed by atoms with van der Waals surface area (Å²) in [5.74, 6) is -0.861. The number of esters is 1. The van der Waals surface area contributed by atoms with Gasteiger partial charge in [-0.2, -0.15) is 8.42 Å². The maximum absolute atomic E-state index is 12.5. The lowest BCUT2D eigenvalue weighted by Crippen LogP contribution is -2.13. The average Bonchev–Trinajstić information content (AvgIpc) is 2.60. The number of methoxy groups -OCH3 is 1. The Labute approximate surface area is 142 Å². The zero-order valence-electron chi connectivity index (χ0n) is 13.0. The van der Waals surface area contributed by atoms with Gasteiger partial charge in [0.2, 0.25) is 0 Å². The van der Waals surface area contributed by atoms with Crippen molar-refractivity contribution in [2.75, 3.05) is 7.11 Å². The average molecular weight is 360 g/mol. The van der Waals surface area contributed by atoms with Gasteiger partial charge >= 0.3 is 21.7 Å². The molecule has 0 aliphatic carbocycles. The molecule has 7 nitrogen and oxygen atoms in total. The van der Waals surface area contributed by atoms with E-state index < -0.39 is 21.7 Å². The Morgan fingerprint density at radius 1 is 1.04 bits per heavy atom. The third-order valence-electron chi connectivity index (χ3n) is 3.37. The lowest BCUT2D eigenvalue weighted by molar-refractivity contribution is 0.0599. The smallest absolute Gasteiger partial charge is 0.341 e. The minimum atomic E-state index is -4.21. The highest BCUT2D eigenvalue weighted by Crippen LogP contribution is 2.25. The molecule has 3 rings (SSSR count). The van der Waals surface area contributed by atoms with E-state index in [0.717, 1.165) is 0 Å². The van der Waals surface area contributed by atoms with Crippen LogP contribution < -0.4 is 9.81 Å². The van der Waals surface area contributed by atoms with Gasteiger partial charge in [-0.15, -0.1) is 0 Å². The van der Waals surface area contributed by atoms with E-state index in [4.69, 9.17) is 8.60 Å². The highest BCUT2D eigenvalue weighted by atomic mass is 32.2. The molecule has 0 radical (unpaired) electrons. The van der Waals surface area contributed by atoms with E-state index in [-0.39, 0.29) is 21.8 Å². The summed E-state index contributed by atoms with van der Waals surface area (Å²) in [6.45, 7) is 0. The Morgan fingerprint density at radius 2 is 1.80 bits per heavy atom. The molecule has 0 aliphatic rings. The van der Waals surface area contributed by atoms with Gasteiger partial charge in [0, 0.05) is 11.5 Å². The van der Waals surface area contributed by atoms with Crippen LogP contribution in [0.4, 0.5) is 0 Å². The first-order valence-electron chi connectivity index (χ1n) is 7.06. The van der Waals surface area contributed by atoms with Crippen LogP contribution in [0.1, 0.15) is 10.4 Å². The van der Waals surface area contributed by atoms with E-state index in [9.17, 15) is 18.0 Å². The number of rotatable bonds is 4. The molecular weight excluding hydrogens is 348 g/mol. The zero-order chi connectivity index (χ0) is 18.0. The minimum absolute atomic E-state index is 0.0136. The summed E-state index contributed by atoms with van der Waals surface area (Å²) in [4.78, 5) is 22.8. The van der Waals surface area contributed by atoms with Gasteiger partial charge in [0.1, 0.15) is 16.0 Å². The molecule has 2 aromatic carbocycles. The molecule has 0 amide bonds. The third kappa shape index (κ3) is 3.38. The van der Waals surface area contributed by atoms with E-state index in [1.807, 2.05) is 0 Å². The Morgan fingerprint density at radius 3 is 2.56 bits per heavy atom. The van der Waals surface area contributed by atoms with Crippen molar-refractivity contribution in [3.63, 3.8) is 0 Å². The van der Waals surface area contributed by atoms with Crippen molar-refractivity contribution in [2.24, 2.45) is 0 Å². The molecule has 25 heavy (non-hydrogen) atoms. The number of fused-ring (bicyclic) bond motifs is 1. The minimum Gasteiger partial charge on any atom is -0.465 e. The summed E-state index contributed by atoms with van der Waals surface area (Å²) in [5.41, 5.74) is -0.298. The van der Waals surface area contributed by atoms with Crippen molar-refractivity contribution >= 4 is 27.1 Å². The molecule has 0 bridgehead atoms. The summed E-state index contributed by atoms with van der Waals surface area (Å²) in [5, 5.41) is 0.422. The molecule has 1 aromatic heterocycles. The normalized spacial score (nSPS) is 11.2. The standard InChI is InChI=1S/C17H12O7S/c1-22-17(19)13-4-2-3-5-15(13)24-25(20,21)12-7-8-14-11(10-12)6-9-16(18)23-14/h2-10H,1H3. The maximum atomic E-state index is 12.5. The van der Waals surface area contributed by atoms with Crippen LogP contribution in [-0.2, 0) is 14.9 Å². The zero-order valence-corrected chi connectivity index (χ0v) is 13.8. The number of benzene rings is 2. The van der Waals surface area contributed by atoms with E-state index in [1.54, 1.807) is 6.07 Å². The molecule has 0 saturated heterocycles. The fourth-order valence-corrected chi connectivity index (χ4v) is 3.17. The second kappa shape index (κ2) is 6.40. The SMILES string of the molecule is COC(=O)c1ccccc1OS(=O)(=O)c1ccc2oc(=O)ccc2c1. The highest BCUT2D eigenvalue weighted by molar-refractivity contribution is 7.87. The van der Waals surface area contributed by atoms with Crippen LogP contribution in [0.3, 0.4) is 0 Å². The molecule has 0 atom stereocenters. The fourth-order valence-electron chi connectivity index (χ4n) is 2.19. The molecule has 0 aliphatic heterocycles. The molecule has 0 N–H and O–H groups in total. The number of hydrogen-bond acceptors (Lipinski definition) is 7. The first-order valence-corrected chi connectivity index (χ1v) is 8.47. The monoisotopic (exact) mass is 360 g/mol. The van der Waals surface area contributed by atoms with Gasteiger partial charge in [-0.05, 0) is 36.4 Å². The van der Waals surface area contributed by atoms with Gasteiger partial charge in [0.25, 0.3) is 0 Å². The molecule has 0 unspecified atom stereocenters. The molecule has 0 spiro atoms. The summed E-state index contributed by atoms with van der Waals surface area (Å²) in [7, 11) is -3.02. The number of ether oxygens (including phenoxy) is 1. The first-order chi connectivity index (χ1) is 11.9. The lowest BCUT2D eigenvalue weighted by Gasteiger charge is -2.10. The summed E-state index contributed by atoms with van der Waals surface area (Å²) >= 11 is 0. The van der Waals surface area contributed by atoms with Crippen LogP contribution in [0.2, 0.25) is 0 Å². The Kier molecular flexibility index (Phi) is 4.28. The van der Waals surface area contributed by atoms with E-state index >= 15 is 0 Å².